The lowest BCUT2D eigenvalue weighted by Crippen LogP contribution is -2.56. The van der Waals surface area contributed by atoms with Crippen molar-refractivity contribution >= 4 is 20.1 Å². The summed E-state index contributed by atoms with van der Waals surface area (Å²) in [5.74, 6) is -1.65. The SMILES string of the molecule is CCOC(=O)[C@H]1CN(C(=O)OC(C)(C)C)C[C@H](COCC[Si](C)(C)C)[C@H]1O. The highest BCUT2D eigenvalue weighted by molar-refractivity contribution is 6.76. The third-order valence-corrected chi connectivity index (χ3v) is 6.04. The summed E-state index contributed by atoms with van der Waals surface area (Å²) in [6.07, 6.45) is -1.40. The molecule has 8 heteroatoms. The summed E-state index contributed by atoms with van der Waals surface area (Å²) >= 11 is 0. The number of aliphatic hydroxyl groups excluding tert-OH is 1. The van der Waals surface area contributed by atoms with Gasteiger partial charge in [-0.2, -0.15) is 0 Å². The van der Waals surface area contributed by atoms with E-state index in [-0.39, 0.29) is 19.1 Å². The van der Waals surface area contributed by atoms with Crippen LogP contribution in [-0.4, -0.2) is 74.8 Å². The molecular weight excluding hydrogens is 366 g/mol. The van der Waals surface area contributed by atoms with Gasteiger partial charge < -0.3 is 24.2 Å². The number of likely N-dealkylation sites (tertiary alicyclic amines) is 1. The summed E-state index contributed by atoms with van der Waals surface area (Å²) in [4.78, 5) is 26.2. The molecule has 0 aliphatic carbocycles. The molecule has 1 heterocycles. The van der Waals surface area contributed by atoms with E-state index in [4.69, 9.17) is 14.2 Å². The normalized spacial score (nSPS) is 23.9. The van der Waals surface area contributed by atoms with Crippen LogP contribution in [0.3, 0.4) is 0 Å². The summed E-state index contributed by atoms with van der Waals surface area (Å²) < 4.78 is 16.3. The molecule has 0 aromatic rings. The van der Waals surface area contributed by atoms with E-state index in [0.717, 1.165) is 6.04 Å². The van der Waals surface area contributed by atoms with Crippen LogP contribution in [-0.2, 0) is 19.0 Å². The quantitative estimate of drug-likeness (QED) is 0.400. The standard InChI is InChI=1S/C19H37NO6Si/c1-8-25-17(22)15-12-20(18(23)26-19(2,3)4)11-14(16(15)21)13-24-9-10-27(5,6)7/h14-16,21H,8-13H2,1-7H3/t14-,15+,16-/m1/s1. The second-order valence-corrected chi connectivity index (χ2v) is 15.0. The third kappa shape index (κ3) is 8.61. The summed E-state index contributed by atoms with van der Waals surface area (Å²) in [5, 5.41) is 10.7. The van der Waals surface area contributed by atoms with E-state index in [1.165, 1.54) is 4.90 Å². The Morgan fingerprint density at radius 1 is 1.19 bits per heavy atom. The molecule has 1 saturated heterocycles. The number of rotatable bonds is 7. The number of aliphatic hydroxyl groups is 1. The number of hydrogen-bond donors (Lipinski definition) is 1. The van der Waals surface area contributed by atoms with Crippen LogP contribution < -0.4 is 0 Å². The van der Waals surface area contributed by atoms with Crippen LogP contribution in [0.4, 0.5) is 4.79 Å². The highest BCUT2D eigenvalue weighted by atomic mass is 28.3. The van der Waals surface area contributed by atoms with E-state index in [2.05, 4.69) is 19.6 Å². The van der Waals surface area contributed by atoms with Crippen molar-refractivity contribution in [3.63, 3.8) is 0 Å². The molecule has 27 heavy (non-hydrogen) atoms. The van der Waals surface area contributed by atoms with E-state index in [0.29, 0.717) is 19.8 Å². The molecule has 1 fully saturated rings. The van der Waals surface area contributed by atoms with Crippen molar-refractivity contribution in [2.45, 2.75) is 65.1 Å². The number of carbonyl (C=O) groups excluding carboxylic acids is 2. The molecular formula is C19H37NO6Si. The summed E-state index contributed by atoms with van der Waals surface area (Å²) in [7, 11) is -1.21. The minimum Gasteiger partial charge on any atom is -0.466 e. The number of ether oxygens (including phenoxy) is 3. The lowest BCUT2D eigenvalue weighted by atomic mass is 9.86. The molecule has 0 unspecified atom stereocenters. The van der Waals surface area contributed by atoms with E-state index >= 15 is 0 Å². The molecule has 158 valence electrons. The van der Waals surface area contributed by atoms with Crippen molar-refractivity contribution in [3.05, 3.63) is 0 Å². The van der Waals surface area contributed by atoms with Crippen LogP contribution in [0.5, 0.6) is 0 Å². The van der Waals surface area contributed by atoms with Gasteiger partial charge in [0.05, 0.1) is 19.3 Å². The molecule has 1 rings (SSSR count). The maximum atomic E-state index is 12.5. The summed E-state index contributed by atoms with van der Waals surface area (Å²) in [6.45, 7) is 15.4. The topological polar surface area (TPSA) is 85.3 Å². The predicted octanol–water partition coefficient (Wildman–Crippen LogP) is 2.75. The average Bonchev–Trinajstić information content (AvgIpc) is 2.50. The first kappa shape index (κ1) is 23.9. The van der Waals surface area contributed by atoms with Gasteiger partial charge in [-0.1, -0.05) is 19.6 Å². The maximum absolute atomic E-state index is 12.5. The second kappa shape index (κ2) is 9.89. The van der Waals surface area contributed by atoms with Crippen molar-refractivity contribution in [2.24, 2.45) is 11.8 Å². The van der Waals surface area contributed by atoms with Gasteiger partial charge in [-0.3, -0.25) is 4.79 Å². The van der Waals surface area contributed by atoms with Gasteiger partial charge in [0, 0.05) is 33.7 Å². The van der Waals surface area contributed by atoms with Gasteiger partial charge in [-0.15, -0.1) is 0 Å². The molecule has 0 aromatic carbocycles. The summed E-state index contributed by atoms with van der Waals surface area (Å²) in [6, 6.07) is 1.02. The van der Waals surface area contributed by atoms with Crippen LogP contribution in [0.2, 0.25) is 25.7 Å². The van der Waals surface area contributed by atoms with E-state index in [1.807, 2.05) is 0 Å². The van der Waals surface area contributed by atoms with Gasteiger partial charge in [-0.05, 0) is 33.7 Å². The maximum Gasteiger partial charge on any atom is 0.410 e. The Bertz CT molecular complexity index is 499. The first-order valence-corrected chi connectivity index (χ1v) is 13.4. The Balaban J connectivity index is 2.80. The Morgan fingerprint density at radius 3 is 2.33 bits per heavy atom. The molecule has 1 amide bonds. The molecule has 3 atom stereocenters. The fourth-order valence-corrected chi connectivity index (χ4v) is 3.60. The van der Waals surface area contributed by atoms with Crippen molar-refractivity contribution in [2.75, 3.05) is 32.9 Å². The molecule has 1 aliphatic rings. The second-order valence-electron chi connectivity index (χ2n) is 9.38. The zero-order chi connectivity index (χ0) is 20.8. The molecule has 0 aromatic heterocycles. The van der Waals surface area contributed by atoms with Crippen LogP contribution >= 0.6 is 0 Å². The summed E-state index contributed by atoms with van der Waals surface area (Å²) in [5.41, 5.74) is -0.629. The van der Waals surface area contributed by atoms with Gasteiger partial charge in [0.15, 0.2) is 0 Å². The number of piperidine rings is 1. The van der Waals surface area contributed by atoms with Crippen LogP contribution in [0.25, 0.3) is 0 Å². The first-order chi connectivity index (χ1) is 12.3. The molecule has 1 aliphatic heterocycles. The zero-order valence-corrected chi connectivity index (χ0v) is 18.9. The van der Waals surface area contributed by atoms with Crippen molar-refractivity contribution in [1.29, 1.82) is 0 Å². The third-order valence-electron chi connectivity index (χ3n) is 4.34. The Hall–Kier alpha value is -1.12. The smallest absolute Gasteiger partial charge is 0.410 e. The molecule has 1 N–H and O–H groups in total. The molecule has 0 radical (unpaired) electrons. The van der Waals surface area contributed by atoms with Gasteiger partial charge in [0.2, 0.25) is 0 Å². The van der Waals surface area contributed by atoms with Crippen molar-refractivity contribution in [3.8, 4) is 0 Å². The lowest BCUT2D eigenvalue weighted by molar-refractivity contribution is -0.159. The van der Waals surface area contributed by atoms with Crippen molar-refractivity contribution in [1.82, 2.24) is 4.90 Å². The molecule has 0 spiro atoms. The Kier molecular flexibility index (Phi) is 8.76. The van der Waals surface area contributed by atoms with E-state index in [9.17, 15) is 14.7 Å². The predicted molar refractivity (Wildman–Crippen MR) is 106 cm³/mol. The zero-order valence-electron chi connectivity index (χ0n) is 17.9. The van der Waals surface area contributed by atoms with Crippen LogP contribution in [0.1, 0.15) is 27.7 Å². The highest BCUT2D eigenvalue weighted by Gasteiger charge is 2.43. The van der Waals surface area contributed by atoms with Gasteiger partial charge in [-0.25, -0.2) is 4.79 Å². The Morgan fingerprint density at radius 2 is 1.81 bits per heavy atom. The number of carbonyl (C=O) groups is 2. The van der Waals surface area contributed by atoms with Crippen LogP contribution in [0.15, 0.2) is 0 Å². The van der Waals surface area contributed by atoms with Crippen molar-refractivity contribution < 1.29 is 28.9 Å². The first-order valence-electron chi connectivity index (χ1n) is 9.74. The average molecular weight is 404 g/mol. The van der Waals surface area contributed by atoms with Gasteiger partial charge in [0.25, 0.3) is 0 Å². The van der Waals surface area contributed by atoms with Crippen LogP contribution in [0, 0.1) is 11.8 Å². The molecule has 7 nitrogen and oxygen atoms in total. The van der Waals surface area contributed by atoms with Gasteiger partial charge in [0.1, 0.15) is 11.5 Å². The molecule has 0 bridgehead atoms. The number of hydrogen-bond acceptors (Lipinski definition) is 6. The largest absolute Gasteiger partial charge is 0.466 e. The monoisotopic (exact) mass is 403 g/mol. The van der Waals surface area contributed by atoms with E-state index < -0.39 is 37.8 Å². The highest BCUT2D eigenvalue weighted by Crippen LogP contribution is 2.26. The lowest BCUT2D eigenvalue weighted by Gasteiger charge is -2.40. The number of esters is 1. The fraction of sp³-hybridized carbons (Fsp3) is 0.895. The fourth-order valence-electron chi connectivity index (χ4n) is 2.84. The number of amides is 1. The number of nitrogens with zero attached hydrogens (tertiary/aromatic N) is 1. The minimum absolute atomic E-state index is 0.0836. The Labute approximate surface area is 164 Å². The molecule has 0 saturated carbocycles. The van der Waals surface area contributed by atoms with E-state index in [1.54, 1.807) is 27.7 Å². The van der Waals surface area contributed by atoms with Gasteiger partial charge >= 0.3 is 12.1 Å². The minimum atomic E-state index is -1.21.